The summed E-state index contributed by atoms with van der Waals surface area (Å²) in [6.07, 6.45) is 0.858. The van der Waals surface area contributed by atoms with Gasteiger partial charge in [0.25, 0.3) is 0 Å². The highest BCUT2D eigenvalue weighted by atomic mass is 16.5. The Kier molecular flexibility index (Phi) is 6.47. The zero-order valence-electron chi connectivity index (χ0n) is 16.4. The Bertz CT molecular complexity index is 824. The average Bonchev–Trinajstić information content (AvgIpc) is 2.96. The lowest BCUT2D eigenvalue weighted by atomic mass is 10.1. The number of nitrogens with one attached hydrogen (secondary N) is 2. The highest BCUT2D eigenvalue weighted by Gasteiger charge is 2.15. The Labute approximate surface area is 164 Å². The molecule has 0 saturated heterocycles. The predicted molar refractivity (Wildman–Crippen MR) is 105 cm³/mol. The van der Waals surface area contributed by atoms with Gasteiger partial charge in [-0.15, -0.1) is 0 Å². The monoisotopic (exact) mass is 386 g/mol. The fraction of sp³-hybridized carbons (Fsp3) is 0.381. The zero-order chi connectivity index (χ0) is 19.9. The van der Waals surface area contributed by atoms with Crippen molar-refractivity contribution in [1.29, 1.82) is 0 Å². The lowest BCUT2D eigenvalue weighted by molar-refractivity contribution is 0.237. The number of urea groups is 1. The first-order valence-corrected chi connectivity index (χ1v) is 9.25. The largest absolute Gasteiger partial charge is 0.493 e. The van der Waals surface area contributed by atoms with E-state index in [1.54, 1.807) is 14.2 Å². The van der Waals surface area contributed by atoms with Crippen LogP contribution < -0.4 is 29.6 Å². The lowest BCUT2D eigenvalue weighted by Gasteiger charge is -2.17. The molecular weight excluding hydrogens is 360 g/mol. The molecule has 150 valence electrons. The molecule has 0 bridgehead atoms. The van der Waals surface area contributed by atoms with Crippen molar-refractivity contribution >= 4 is 6.03 Å². The van der Waals surface area contributed by atoms with Crippen LogP contribution in [0.1, 0.15) is 30.5 Å². The maximum atomic E-state index is 12.3. The van der Waals surface area contributed by atoms with Crippen LogP contribution in [-0.2, 0) is 6.54 Å². The minimum absolute atomic E-state index is 0.178. The summed E-state index contributed by atoms with van der Waals surface area (Å²) >= 11 is 0. The fourth-order valence-electron chi connectivity index (χ4n) is 2.95. The Morgan fingerprint density at radius 3 is 2.54 bits per heavy atom. The lowest BCUT2D eigenvalue weighted by Crippen LogP contribution is -2.36. The molecular formula is C21H26N2O5. The van der Waals surface area contributed by atoms with Gasteiger partial charge in [0.05, 0.1) is 33.5 Å². The first kappa shape index (κ1) is 19.7. The van der Waals surface area contributed by atoms with E-state index in [0.717, 1.165) is 29.0 Å². The third kappa shape index (κ3) is 4.79. The number of hydrogen-bond acceptors (Lipinski definition) is 5. The number of carbonyl (C=O) groups excluding carboxylic acids is 1. The van der Waals surface area contributed by atoms with Gasteiger partial charge in [0.1, 0.15) is 0 Å². The number of hydrogen-bond donors (Lipinski definition) is 2. The first-order valence-electron chi connectivity index (χ1n) is 9.25. The van der Waals surface area contributed by atoms with Gasteiger partial charge in [0.15, 0.2) is 23.0 Å². The summed E-state index contributed by atoms with van der Waals surface area (Å²) in [6, 6.07) is 10.8. The van der Waals surface area contributed by atoms with Gasteiger partial charge in [-0.2, -0.15) is 0 Å². The van der Waals surface area contributed by atoms with Gasteiger partial charge in [-0.05, 0) is 42.3 Å². The molecule has 2 aromatic rings. The number of methoxy groups -OCH3 is 2. The van der Waals surface area contributed by atoms with E-state index in [9.17, 15) is 4.79 Å². The van der Waals surface area contributed by atoms with E-state index in [1.165, 1.54) is 0 Å². The number of ether oxygens (including phenoxy) is 4. The fourth-order valence-corrected chi connectivity index (χ4v) is 2.95. The van der Waals surface area contributed by atoms with Gasteiger partial charge in [-0.1, -0.05) is 12.1 Å². The summed E-state index contributed by atoms with van der Waals surface area (Å²) in [7, 11) is 3.17. The van der Waals surface area contributed by atoms with E-state index in [0.29, 0.717) is 31.3 Å². The minimum Gasteiger partial charge on any atom is -0.493 e. The zero-order valence-corrected chi connectivity index (χ0v) is 16.4. The maximum Gasteiger partial charge on any atom is 0.315 e. The third-order valence-electron chi connectivity index (χ3n) is 4.52. The molecule has 2 amide bonds. The molecule has 0 saturated carbocycles. The number of fused-ring (bicyclic) bond motifs is 1. The summed E-state index contributed by atoms with van der Waals surface area (Å²) in [4.78, 5) is 12.3. The molecule has 7 nitrogen and oxygen atoms in total. The van der Waals surface area contributed by atoms with Crippen LogP contribution in [-0.4, -0.2) is 33.5 Å². The molecule has 1 aliphatic heterocycles. The number of benzene rings is 2. The van der Waals surface area contributed by atoms with E-state index in [1.807, 2.05) is 43.3 Å². The SMILES string of the molecule is COc1ccc(CNC(=O)NC(C)c2ccc3c(c2)OCCCO3)cc1OC. The topological polar surface area (TPSA) is 78.1 Å². The van der Waals surface area contributed by atoms with Crippen molar-refractivity contribution in [2.24, 2.45) is 0 Å². The smallest absolute Gasteiger partial charge is 0.315 e. The van der Waals surface area contributed by atoms with Crippen molar-refractivity contribution in [3.63, 3.8) is 0 Å². The van der Waals surface area contributed by atoms with Crippen molar-refractivity contribution in [1.82, 2.24) is 10.6 Å². The maximum absolute atomic E-state index is 12.3. The van der Waals surface area contributed by atoms with Crippen LogP contribution in [0.15, 0.2) is 36.4 Å². The van der Waals surface area contributed by atoms with Crippen LogP contribution >= 0.6 is 0 Å². The summed E-state index contributed by atoms with van der Waals surface area (Å²) in [5.74, 6) is 2.74. The molecule has 0 aromatic heterocycles. The highest BCUT2D eigenvalue weighted by Crippen LogP contribution is 2.32. The number of carbonyl (C=O) groups is 1. The summed E-state index contributed by atoms with van der Waals surface area (Å²) in [5.41, 5.74) is 1.86. The van der Waals surface area contributed by atoms with Crippen LogP contribution in [0.5, 0.6) is 23.0 Å². The minimum atomic E-state index is -0.255. The first-order chi connectivity index (χ1) is 13.6. The van der Waals surface area contributed by atoms with E-state index >= 15 is 0 Å². The molecule has 0 fully saturated rings. The number of amides is 2. The van der Waals surface area contributed by atoms with Crippen LogP contribution in [0.3, 0.4) is 0 Å². The third-order valence-corrected chi connectivity index (χ3v) is 4.52. The molecule has 3 rings (SSSR count). The second kappa shape index (κ2) is 9.21. The Morgan fingerprint density at radius 1 is 1.04 bits per heavy atom. The summed E-state index contributed by atoms with van der Waals surface area (Å²) < 4.78 is 21.9. The molecule has 0 radical (unpaired) electrons. The quantitative estimate of drug-likeness (QED) is 0.795. The van der Waals surface area contributed by atoms with Gasteiger partial charge < -0.3 is 29.6 Å². The number of rotatable bonds is 6. The molecule has 2 N–H and O–H groups in total. The molecule has 1 atom stereocenters. The molecule has 0 spiro atoms. The van der Waals surface area contributed by atoms with E-state index in [4.69, 9.17) is 18.9 Å². The van der Waals surface area contributed by atoms with Crippen LogP contribution in [0.25, 0.3) is 0 Å². The summed E-state index contributed by atoms with van der Waals surface area (Å²) in [5, 5.41) is 5.80. The molecule has 1 unspecified atom stereocenters. The van der Waals surface area contributed by atoms with Gasteiger partial charge >= 0.3 is 6.03 Å². The molecule has 0 aliphatic carbocycles. The molecule has 1 heterocycles. The van der Waals surface area contributed by atoms with Crippen molar-refractivity contribution in [2.45, 2.75) is 25.9 Å². The van der Waals surface area contributed by atoms with Gasteiger partial charge in [-0.3, -0.25) is 0 Å². The summed E-state index contributed by atoms with van der Waals surface area (Å²) in [6.45, 7) is 3.58. The van der Waals surface area contributed by atoms with Crippen LogP contribution in [0.4, 0.5) is 4.79 Å². The second-order valence-corrected chi connectivity index (χ2v) is 6.49. The Morgan fingerprint density at radius 2 is 1.79 bits per heavy atom. The Hall–Kier alpha value is -3.09. The Balaban J connectivity index is 1.57. The van der Waals surface area contributed by atoms with Gasteiger partial charge in [0.2, 0.25) is 0 Å². The van der Waals surface area contributed by atoms with E-state index < -0.39 is 0 Å². The van der Waals surface area contributed by atoms with Gasteiger partial charge in [-0.25, -0.2) is 4.79 Å². The van der Waals surface area contributed by atoms with E-state index in [-0.39, 0.29) is 12.1 Å². The standard InChI is InChI=1S/C21H26N2O5/c1-14(16-6-8-18-20(12-16)28-10-4-9-27-18)23-21(24)22-13-15-5-7-17(25-2)19(11-15)26-3/h5-8,11-12,14H,4,9-10,13H2,1-3H3,(H2,22,23,24). The molecule has 7 heteroatoms. The van der Waals surface area contributed by atoms with Crippen molar-refractivity contribution in [3.05, 3.63) is 47.5 Å². The molecule has 2 aromatic carbocycles. The second-order valence-electron chi connectivity index (χ2n) is 6.49. The van der Waals surface area contributed by atoms with Crippen molar-refractivity contribution in [2.75, 3.05) is 27.4 Å². The van der Waals surface area contributed by atoms with Crippen LogP contribution in [0.2, 0.25) is 0 Å². The normalized spacial score (nSPS) is 13.8. The molecule has 1 aliphatic rings. The average molecular weight is 386 g/mol. The van der Waals surface area contributed by atoms with Crippen LogP contribution in [0, 0.1) is 0 Å². The molecule has 28 heavy (non-hydrogen) atoms. The van der Waals surface area contributed by atoms with Crippen molar-refractivity contribution < 1.29 is 23.7 Å². The predicted octanol–water partition coefficient (Wildman–Crippen LogP) is 3.43. The van der Waals surface area contributed by atoms with E-state index in [2.05, 4.69) is 10.6 Å². The van der Waals surface area contributed by atoms with Gasteiger partial charge in [0, 0.05) is 13.0 Å². The van der Waals surface area contributed by atoms with Crippen molar-refractivity contribution in [3.8, 4) is 23.0 Å². The highest BCUT2D eigenvalue weighted by molar-refractivity contribution is 5.74.